The van der Waals surface area contributed by atoms with Gasteiger partial charge < -0.3 is 9.64 Å². The Morgan fingerprint density at radius 1 is 1.38 bits per heavy atom. The summed E-state index contributed by atoms with van der Waals surface area (Å²) in [4.78, 5) is 25.0. The molecule has 4 nitrogen and oxygen atoms in total. The molecular formula is C12H19NO3. The maximum Gasteiger partial charge on any atom is 0.410 e. The highest BCUT2D eigenvalue weighted by Gasteiger charge is 2.44. The topological polar surface area (TPSA) is 46.6 Å². The maximum atomic E-state index is 11.9. The summed E-state index contributed by atoms with van der Waals surface area (Å²) in [6.07, 6.45) is 1.83. The highest BCUT2D eigenvalue weighted by molar-refractivity contribution is 5.83. The van der Waals surface area contributed by atoms with Gasteiger partial charge in [0, 0.05) is 25.4 Å². The van der Waals surface area contributed by atoms with Crippen LogP contribution < -0.4 is 0 Å². The number of nitrogens with zero attached hydrogens (tertiary/aromatic N) is 1. The van der Waals surface area contributed by atoms with Gasteiger partial charge in [-0.15, -0.1) is 0 Å². The van der Waals surface area contributed by atoms with Crippen LogP contribution in [-0.4, -0.2) is 35.0 Å². The van der Waals surface area contributed by atoms with Crippen LogP contribution in [0.5, 0.6) is 0 Å². The minimum Gasteiger partial charge on any atom is -0.444 e. The van der Waals surface area contributed by atoms with E-state index >= 15 is 0 Å². The molecule has 1 heterocycles. The number of carbonyl (C=O) groups is 2. The monoisotopic (exact) mass is 225 g/mol. The van der Waals surface area contributed by atoms with Gasteiger partial charge in [-0.1, -0.05) is 0 Å². The first-order valence-electron chi connectivity index (χ1n) is 5.88. The second-order valence-corrected chi connectivity index (χ2v) is 5.74. The molecule has 0 radical (unpaired) electrons. The Morgan fingerprint density at radius 2 is 2.06 bits per heavy atom. The minimum atomic E-state index is -0.461. The fourth-order valence-corrected chi connectivity index (χ4v) is 2.59. The second kappa shape index (κ2) is 3.75. The molecule has 1 amide bonds. The SMILES string of the molecule is CC(C)(C)OC(=O)N1CCC2CC(=O)CC21. The molecule has 1 aliphatic heterocycles. The smallest absolute Gasteiger partial charge is 0.410 e. The number of carbonyl (C=O) groups excluding carboxylic acids is 2. The summed E-state index contributed by atoms with van der Waals surface area (Å²) in [5.41, 5.74) is -0.461. The number of ketones is 1. The third-order valence-corrected chi connectivity index (χ3v) is 3.24. The van der Waals surface area contributed by atoms with Gasteiger partial charge in [0.2, 0.25) is 0 Å². The van der Waals surface area contributed by atoms with Gasteiger partial charge in [-0.3, -0.25) is 4.79 Å². The van der Waals surface area contributed by atoms with Crippen molar-refractivity contribution in [2.45, 2.75) is 51.7 Å². The van der Waals surface area contributed by atoms with Gasteiger partial charge in [-0.25, -0.2) is 4.79 Å². The summed E-state index contributed by atoms with van der Waals surface area (Å²) in [6.45, 7) is 6.31. The molecule has 4 heteroatoms. The molecule has 1 saturated heterocycles. The molecule has 16 heavy (non-hydrogen) atoms. The lowest BCUT2D eigenvalue weighted by Crippen LogP contribution is -2.40. The zero-order chi connectivity index (χ0) is 11.9. The summed E-state index contributed by atoms with van der Waals surface area (Å²) < 4.78 is 5.34. The largest absolute Gasteiger partial charge is 0.444 e. The number of hydrogen-bond donors (Lipinski definition) is 0. The predicted octanol–water partition coefficient (Wildman–Crippen LogP) is 1.97. The van der Waals surface area contributed by atoms with Crippen LogP contribution in [0, 0.1) is 5.92 Å². The van der Waals surface area contributed by atoms with Crippen molar-refractivity contribution < 1.29 is 14.3 Å². The van der Waals surface area contributed by atoms with Crippen molar-refractivity contribution in [1.82, 2.24) is 4.90 Å². The average Bonchev–Trinajstić information content (AvgIpc) is 2.58. The van der Waals surface area contributed by atoms with E-state index in [-0.39, 0.29) is 17.9 Å². The quantitative estimate of drug-likeness (QED) is 0.633. The molecule has 2 fully saturated rings. The highest BCUT2D eigenvalue weighted by atomic mass is 16.6. The summed E-state index contributed by atoms with van der Waals surface area (Å²) >= 11 is 0. The van der Waals surface area contributed by atoms with Gasteiger partial charge >= 0.3 is 6.09 Å². The van der Waals surface area contributed by atoms with Crippen molar-refractivity contribution in [3.05, 3.63) is 0 Å². The van der Waals surface area contributed by atoms with E-state index in [0.717, 1.165) is 13.0 Å². The second-order valence-electron chi connectivity index (χ2n) is 5.74. The predicted molar refractivity (Wildman–Crippen MR) is 59.1 cm³/mol. The molecule has 90 valence electrons. The maximum absolute atomic E-state index is 11.9. The molecule has 0 aromatic heterocycles. The Hall–Kier alpha value is -1.06. The fourth-order valence-electron chi connectivity index (χ4n) is 2.59. The van der Waals surface area contributed by atoms with Gasteiger partial charge in [0.1, 0.15) is 11.4 Å². The lowest BCUT2D eigenvalue weighted by molar-refractivity contribution is -0.117. The fraction of sp³-hybridized carbons (Fsp3) is 0.833. The van der Waals surface area contributed by atoms with Crippen LogP contribution in [0.3, 0.4) is 0 Å². The summed E-state index contributed by atoms with van der Waals surface area (Å²) in [6, 6.07) is 0.0994. The molecule has 2 aliphatic rings. The first-order valence-corrected chi connectivity index (χ1v) is 5.88. The molecule has 0 aromatic rings. The third kappa shape index (κ3) is 2.20. The lowest BCUT2D eigenvalue weighted by atomic mass is 10.1. The molecule has 1 saturated carbocycles. The number of rotatable bonds is 0. The van der Waals surface area contributed by atoms with Crippen LogP contribution >= 0.6 is 0 Å². The van der Waals surface area contributed by atoms with Crippen LogP contribution in [-0.2, 0) is 9.53 Å². The number of ether oxygens (including phenoxy) is 1. The molecule has 1 aliphatic carbocycles. The van der Waals surface area contributed by atoms with E-state index in [9.17, 15) is 9.59 Å². The normalized spacial score (nSPS) is 29.4. The summed E-state index contributed by atoms with van der Waals surface area (Å²) in [5, 5.41) is 0. The van der Waals surface area contributed by atoms with Gasteiger partial charge in [0.25, 0.3) is 0 Å². The Morgan fingerprint density at radius 3 is 2.69 bits per heavy atom. The zero-order valence-electron chi connectivity index (χ0n) is 10.2. The van der Waals surface area contributed by atoms with Crippen LogP contribution in [0.1, 0.15) is 40.0 Å². The average molecular weight is 225 g/mol. The standard InChI is InChI=1S/C12H19NO3/c1-12(2,3)16-11(15)13-5-4-8-6-9(14)7-10(8)13/h8,10H,4-7H2,1-3H3. The molecule has 2 unspecified atom stereocenters. The third-order valence-electron chi connectivity index (χ3n) is 3.24. The highest BCUT2D eigenvalue weighted by Crippen LogP contribution is 2.36. The lowest BCUT2D eigenvalue weighted by Gasteiger charge is -2.27. The molecule has 0 spiro atoms. The number of Topliss-reactive ketones (excluding diaryl/α,β-unsaturated/α-hetero) is 1. The Kier molecular flexibility index (Phi) is 2.68. The molecule has 2 rings (SSSR count). The first kappa shape index (κ1) is 11.4. The molecule has 0 N–H and O–H groups in total. The van der Waals surface area contributed by atoms with Crippen molar-refractivity contribution in [3.8, 4) is 0 Å². The van der Waals surface area contributed by atoms with E-state index in [1.165, 1.54) is 0 Å². The Labute approximate surface area is 95.9 Å². The van der Waals surface area contributed by atoms with E-state index in [1.54, 1.807) is 4.90 Å². The van der Waals surface area contributed by atoms with Gasteiger partial charge in [0.05, 0.1) is 0 Å². The molecule has 2 atom stereocenters. The van der Waals surface area contributed by atoms with Crippen molar-refractivity contribution in [2.24, 2.45) is 5.92 Å². The van der Waals surface area contributed by atoms with E-state index in [1.807, 2.05) is 20.8 Å². The number of fused-ring (bicyclic) bond motifs is 1. The molecule has 0 aromatic carbocycles. The van der Waals surface area contributed by atoms with Gasteiger partial charge in [-0.2, -0.15) is 0 Å². The van der Waals surface area contributed by atoms with Gasteiger partial charge in [-0.05, 0) is 33.1 Å². The van der Waals surface area contributed by atoms with E-state index in [2.05, 4.69) is 0 Å². The number of hydrogen-bond acceptors (Lipinski definition) is 3. The Bertz CT molecular complexity index is 319. The Balaban J connectivity index is 2.00. The number of amides is 1. The van der Waals surface area contributed by atoms with Crippen LogP contribution in [0.25, 0.3) is 0 Å². The van der Waals surface area contributed by atoms with Crippen LogP contribution in [0.2, 0.25) is 0 Å². The zero-order valence-corrected chi connectivity index (χ0v) is 10.2. The van der Waals surface area contributed by atoms with Crippen molar-refractivity contribution in [1.29, 1.82) is 0 Å². The van der Waals surface area contributed by atoms with Crippen molar-refractivity contribution in [2.75, 3.05) is 6.54 Å². The summed E-state index contributed by atoms with van der Waals surface area (Å²) in [5.74, 6) is 0.656. The van der Waals surface area contributed by atoms with Crippen LogP contribution in [0.4, 0.5) is 4.79 Å². The molecular weight excluding hydrogens is 206 g/mol. The van der Waals surface area contributed by atoms with E-state index in [0.29, 0.717) is 18.8 Å². The molecule has 0 bridgehead atoms. The first-order chi connectivity index (χ1) is 7.37. The van der Waals surface area contributed by atoms with E-state index < -0.39 is 5.60 Å². The van der Waals surface area contributed by atoms with Crippen molar-refractivity contribution >= 4 is 11.9 Å². The van der Waals surface area contributed by atoms with E-state index in [4.69, 9.17) is 4.74 Å². The van der Waals surface area contributed by atoms with Gasteiger partial charge in [0.15, 0.2) is 0 Å². The van der Waals surface area contributed by atoms with Crippen molar-refractivity contribution in [3.63, 3.8) is 0 Å². The van der Waals surface area contributed by atoms with Crippen LogP contribution in [0.15, 0.2) is 0 Å². The summed E-state index contributed by atoms with van der Waals surface area (Å²) in [7, 11) is 0. The minimum absolute atomic E-state index is 0.0994. The number of likely N-dealkylation sites (tertiary alicyclic amines) is 1.